The van der Waals surface area contributed by atoms with Gasteiger partial charge >= 0.3 is 0 Å². The minimum atomic E-state index is 0.800. The maximum absolute atomic E-state index is 3.99. The zero-order valence-corrected chi connectivity index (χ0v) is 11.3. The third-order valence-corrected chi connectivity index (χ3v) is 5.00. The molecule has 2 aliphatic rings. The molecule has 2 fully saturated rings. The van der Waals surface area contributed by atoms with Crippen LogP contribution in [0.3, 0.4) is 0 Å². The van der Waals surface area contributed by atoms with Crippen LogP contribution in [-0.2, 0) is 0 Å². The summed E-state index contributed by atoms with van der Waals surface area (Å²) >= 11 is 0. The quantitative estimate of drug-likeness (QED) is 0.746. The largest absolute Gasteiger partial charge is 0.311 e. The third kappa shape index (κ3) is 3.00. The van der Waals surface area contributed by atoms with Gasteiger partial charge < -0.3 is 5.32 Å². The highest BCUT2D eigenvalue weighted by atomic mass is 15.0. The summed E-state index contributed by atoms with van der Waals surface area (Å²) in [5.74, 6) is 2.73. The highest BCUT2D eigenvalue weighted by Crippen LogP contribution is 2.31. The molecule has 16 heavy (non-hydrogen) atoms. The summed E-state index contributed by atoms with van der Waals surface area (Å²) in [7, 11) is 0. The molecule has 5 unspecified atom stereocenters. The van der Waals surface area contributed by atoms with E-state index < -0.39 is 0 Å². The Morgan fingerprint density at radius 1 is 0.750 bits per heavy atom. The van der Waals surface area contributed by atoms with Gasteiger partial charge in [0, 0.05) is 12.1 Å². The summed E-state index contributed by atoms with van der Waals surface area (Å²) in [6, 6.07) is 1.61. The van der Waals surface area contributed by atoms with Crippen molar-refractivity contribution in [3.8, 4) is 0 Å². The Labute approximate surface area is 101 Å². The van der Waals surface area contributed by atoms with Gasteiger partial charge in [-0.05, 0) is 43.4 Å². The van der Waals surface area contributed by atoms with Crippen LogP contribution < -0.4 is 5.32 Å². The fraction of sp³-hybridized carbons (Fsp3) is 1.00. The van der Waals surface area contributed by atoms with Crippen molar-refractivity contribution in [2.24, 2.45) is 17.8 Å². The molecule has 0 aromatic heterocycles. The minimum absolute atomic E-state index is 0.800. The molecule has 5 atom stereocenters. The van der Waals surface area contributed by atoms with E-state index in [1.807, 2.05) is 0 Å². The molecule has 0 aromatic carbocycles. The summed E-state index contributed by atoms with van der Waals surface area (Å²) in [5.41, 5.74) is 0. The molecular weight excluding hydrogens is 194 g/mol. The average Bonchev–Trinajstić information content (AvgIpc) is 2.27. The molecule has 2 aliphatic carbocycles. The third-order valence-electron chi connectivity index (χ3n) is 5.00. The van der Waals surface area contributed by atoms with Crippen LogP contribution in [0.4, 0.5) is 0 Å². The molecule has 1 nitrogen and oxygen atoms in total. The van der Waals surface area contributed by atoms with Crippen LogP contribution in [0, 0.1) is 17.8 Å². The van der Waals surface area contributed by atoms with Gasteiger partial charge in [0.05, 0.1) is 0 Å². The summed E-state index contributed by atoms with van der Waals surface area (Å²) in [6.45, 7) is 7.30. The van der Waals surface area contributed by atoms with E-state index in [1.165, 1.54) is 44.9 Å². The molecule has 0 radical (unpaired) electrons. The van der Waals surface area contributed by atoms with Crippen molar-refractivity contribution in [1.82, 2.24) is 5.32 Å². The number of nitrogens with one attached hydrogen (secondary N) is 1. The molecule has 2 saturated carbocycles. The standard InChI is InChI=1S/C15H29N/c1-11-8-9-13(3)15(10-11)16-14-7-5-4-6-12(14)2/h11-16H,4-10H2,1-3H3. The fourth-order valence-corrected chi connectivity index (χ4v) is 3.60. The molecule has 2 rings (SSSR count). The lowest BCUT2D eigenvalue weighted by Gasteiger charge is -2.39. The Hall–Kier alpha value is -0.0400. The highest BCUT2D eigenvalue weighted by molar-refractivity contribution is 4.87. The van der Waals surface area contributed by atoms with Crippen LogP contribution in [0.2, 0.25) is 0 Å². The molecular formula is C15H29N. The maximum atomic E-state index is 3.99. The second-order valence-electron chi connectivity index (χ2n) is 6.54. The first-order valence-corrected chi connectivity index (χ1v) is 7.43. The van der Waals surface area contributed by atoms with E-state index in [4.69, 9.17) is 0 Å². The summed E-state index contributed by atoms with van der Waals surface area (Å²) in [6.07, 6.45) is 10.0. The maximum Gasteiger partial charge on any atom is 0.00979 e. The Morgan fingerprint density at radius 3 is 2.19 bits per heavy atom. The topological polar surface area (TPSA) is 12.0 Å². The molecule has 0 bridgehead atoms. The van der Waals surface area contributed by atoms with Crippen LogP contribution in [0.15, 0.2) is 0 Å². The first-order chi connectivity index (χ1) is 7.66. The molecule has 0 spiro atoms. The molecule has 0 amide bonds. The Bertz CT molecular complexity index is 213. The minimum Gasteiger partial charge on any atom is -0.311 e. The SMILES string of the molecule is CC1CCC(C)C(NC2CCCCC2C)C1. The fourth-order valence-electron chi connectivity index (χ4n) is 3.60. The van der Waals surface area contributed by atoms with Gasteiger partial charge in [-0.3, -0.25) is 0 Å². The van der Waals surface area contributed by atoms with Crippen LogP contribution in [-0.4, -0.2) is 12.1 Å². The van der Waals surface area contributed by atoms with Gasteiger partial charge in [0.15, 0.2) is 0 Å². The van der Waals surface area contributed by atoms with Gasteiger partial charge in [0.1, 0.15) is 0 Å². The molecule has 1 heteroatoms. The lowest BCUT2D eigenvalue weighted by atomic mass is 9.78. The molecule has 0 heterocycles. The van der Waals surface area contributed by atoms with Crippen LogP contribution >= 0.6 is 0 Å². The van der Waals surface area contributed by atoms with Gasteiger partial charge in [-0.2, -0.15) is 0 Å². The van der Waals surface area contributed by atoms with Crippen molar-refractivity contribution < 1.29 is 0 Å². The summed E-state index contributed by atoms with van der Waals surface area (Å²) in [5, 5.41) is 3.99. The van der Waals surface area contributed by atoms with Crippen LogP contribution in [0.1, 0.15) is 65.7 Å². The first-order valence-electron chi connectivity index (χ1n) is 7.43. The van der Waals surface area contributed by atoms with Gasteiger partial charge in [0.25, 0.3) is 0 Å². The van der Waals surface area contributed by atoms with Gasteiger partial charge in [-0.15, -0.1) is 0 Å². The molecule has 0 saturated heterocycles. The predicted octanol–water partition coefficient (Wildman–Crippen LogP) is 3.98. The zero-order chi connectivity index (χ0) is 11.5. The number of hydrogen-bond donors (Lipinski definition) is 1. The van der Waals surface area contributed by atoms with Crippen molar-refractivity contribution >= 4 is 0 Å². The second-order valence-corrected chi connectivity index (χ2v) is 6.54. The van der Waals surface area contributed by atoms with E-state index in [-0.39, 0.29) is 0 Å². The number of hydrogen-bond acceptors (Lipinski definition) is 1. The van der Waals surface area contributed by atoms with E-state index >= 15 is 0 Å². The van der Waals surface area contributed by atoms with Crippen molar-refractivity contribution in [3.05, 3.63) is 0 Å². The smallest absolute Gasteiger partial charge is 0.00979 e. The van der Waals surface area contributed by atoms with Crippen molar-refractivity contribution in [2.45, 2.75) is 77.8 Å². The van der Waals surface area contributed by atoms with Crippen LogP contribution in [0.5, 0.6) is 0 Å². The van der Waals surface area contributed by atoms with Crippen LogP contribution in [0.25, 0.3) is 0 Å². The second kappa shape index (κ2) is 5.53. The van der Waals surface area contributed by atoms with Gasteiger partial charge in [0.2, 0.25) is 0 Å². The van der Waals surface area contributed by atoms with E-state index in [9.17, 15) is 0 Å². The van der Waals surface area contributed by atoms with Gasteiger partial charge in [-0.1, -0.05) is 40.0 Å². The predicted molar refractivity (Wildman–Crippen MR) is 70.5 cm³/mol. The number of rotatable bonds is 2. The normalized spacial score (nSPS) is 45.6. The van der Waals surface area contributed by atoms with E-state index in [1.54, 1.807) is 0 Å². The van der Waals surface area contributed by atoms with Crippen molar-refractivity contribution in [3.63, 3.8) is 0 Å². The highest BCUT2D eigenvalue weighted by Gasteiger charge is 2.29. The van der Waals surface area contributed by atoms with E-state index in [0.29, 0.717) is 0 Å². The zero-order valence-electron chi connectivity index (χ0n) is 11.3. The summed E-state index contributed by atoms with van der Waals surface area (Å²) in [4.78, 5) is 0. The van der Waals surface area contributed by atoms with E-state index in [2.05, 4.69) is 26.1 Å². The lowest BCUT2D eigenvalue weighted by Crippen LogP contribution is -2.48. The molecule has 0 aromatic rings. The Kier molecular flexibility index (Phi) is 4.29. The van der Waals surface area contributed by atoms with E-state index in [0.717, 1.165) is 29.8 Å². The molecule has 0 aliphatic heterocycles. The Balaban J connectivity index is 1.86. The molecule has 1 N–H and O–H groups in total. The van der Waals surface area contributed by atoms with Gasteiger partial charge in [-0.25, -0.2) is 0 Å². The lowest BCUT2D eigenvalue weighted by molar-refractivity contribution is 0.175. The summed E-state index contributed by atoms with van der Waals surface area (Å²) < 4.78 is 0. The molecule has 94 valence electrons. The van der Waals surface area contributed by atoms with Crippen molar-refractivity contribution in [1.29, 1.82) is 0 Å². The average molecular weight is 223 g/mol. The Morgan fingerprint density at radius 2 is 1.44 bits per heavy atom. The van der Waals surface area contributed by atoms with Crippen molar-refractivity contribution in [2.75, 3.05) is 0 Å². The monoisotopic (exact) mass is 223 g/mol. The first kappa shape index (κ1) is 12.4.